The van der Waals surface area contributed by atoms with E-state index in [1.807, 2.05) is 6.07 Å². The first kappa shape index (κ1) is 13.4. The molecule has 0 atom stereocenters. The minimum atomic E-state index is 0.911. The Morgan fingerprint density at radius 1 is 1.17 bits per heavy atom. The van der Waals surface area contributed by atoms with Crippen molar-refractivity contribution in [2.75, 3.05) is 13.1 Å². The zero-order chi connectivity index (χ0) is 12.6. The van der Waals surface area contributed by atoms with Crippen LogP contribution in [-0.2, 0) is 0 Å². The fourth-order valence-corrected chi connectivity index (χ4v) is 2.83. The van der Waals surface area contributed by atoms with Crippen molar-refractivity contribution < 1.29 is 0 Å². The molecule has 0 spiro atoms. The van der Waals surface area contributed by atoms with E-state index in [1.54, 1.807) is 0 Å². The summed E-state index contributed by atoms with van der Waals surface area (Å²) in [5.41, 5.74) is 2.44. The van der Waals surface area contributed by atoms with Crippen LogP contribution >= 0.6 is 0 Å². The van der Waals surface area contributed by atoms with Crippen molar-refractivity contribution in [1.29, 1.82) is 0 Å². The summed E-state index contributed by atoms with van der Waals surface area (Å²) in [4.78, 5) is 0. The van der Waals surface area contributed by atoms with Crippen LogP contribution in [0.5, 0.6) is 0 Å². The summed E-state index contributed by atoms with van der Waals surface area (Å²) >= 11 is 0. The molecule has 0 heterocycles. The van der Waals surface area contributed by atoms with Crippen molar-refractivity contribution in [1.82, 2.24) is 5.32 Å². The van der Waals surface area contributed by atoms with Gasteiger partial charge >= 0.3 is 0 Å². The normalized spacial score (nSPS) is 16.0. The van der Waals surface area contributed by atoms with E-state index in [9.17, 15) is 0 Å². The highest BCUT2D eigenvalue weighted by atomic mass is 14.8. The van der Waals surface area contributed by atoms with E-state index in [4.69, 9.17) is 0 Å². The predicted octanol–water partition coefficient (Wildman–Crippen LogP) is 4.26. The van der Waals surface area contributed by atoms with Crippen LogP contribution in [0, 0.1) is 5.92 Å². The third-order valence-electron chi connectivity index (χ3n) is 3.96. The monoisotopic (exact) mass is 243 g/mol. The van der Waals surface area contributed by atoms with Crippen LogP contribution in [-0.4, -0.2) is 13.1 Å². The van der Waals surface area contributed by atoms with Crippen molar-refractivity contribution in [3.05, 3.63) is 42.5 Å². The summed E-state index contributed by atoms with van der Waals surface area (Å²) in [5.74, 6) is 1.02. The number of hydrogen-bond acceptors (Lipinski definition) is 1. The number of benzene rings is 1. The molecule has 0 aliphatic heterocycles. The molecule has 0 unspecified atom stereocenters. The quantitative estimate of drug-likeness (QED) is 0.706. The van der Waals surface area contributed by atoms with Crippen LogP contribution in [0.25, 0.3) is 5.57 Å². The average Bonchev–Trinajstić information content (AvgIpc) is 2.92. The van der Waals surface area contributed by atoms with Crippen LogP contribution < -0.4 is 5.32 Å². The lowest BCUT2D eigenvalue weighted by molar-refractivity contribution is 0.475. The van der Waals surface area contributed by atoms with Gasteiger partial charge in [-0.2, -0.15) is 0 Å². The van der Waals surface area contributed by atoms with E-state index in [-0.39, 0.29) is 0 Å². The van der Waals surface area contributed by atoms with Crippen molar-refractivity contribution in [3.63, 3.8) is 0 Å². The number of rotatable bonds is 7. The highest BCUT2D eigenvalue weighted by Crippen LogP contribution is 2.28. The molecule has 0 saturated heterocycles. The van der Waals surface area contributed by atoms with Gasteiger partial charge in [0.25, 0.3) is 0 Å². The Hall–Kier alpha value is -1.08. The Morgan fingerprint density at radius 2 is 1.89 bits per heavy atom. The van der Waals surface area contributed by atoms with Gasteiger partial charge in [-0.1, -0.05) is 62.6 Å². The largest absolute Gasteiger partial charge is 0.313 e. The average molecular weight is 243 g/mol. The maximum absolute atomic E-state index is 4.14. The smallest absolute Gasteiger partial charge is 0.0205 e. The first-order valence-corrected chi connectivity index (χ1v) is 7.30. The molecule has 0 radical (unpaired) electrons. The molecule has 2 rings (SSSR count). The Balaban J connectivity index is 1.56. The van der Waals surface area contributed by atoms with E-state index in [1.165, 1.54) is 49.7 Å². The van der Waals surface area contributed by atoms with Gasteiger partial charge < -0.3 is 5.32 Å². The summed E-state index contributed by atoms with van der Waals surface area (Å²) in [5, 5.41) is 3.51. The zero-order valence-corrected chi connectivity index (χ0v) is 11.3. The molecule has 1 nitrogen and oxygen atoms in total. The van der Waals surface area contributed by atoms with E-state index < -0.39 is 0 Å². The molecule has 0 amide bonds. The van der Waals surface area contributed by atoms with Gasteiger partial charge in [0.1, 0.15) is 0 Å². The maximum Gasteiger partial charge on any atom is 0.0205 e. The second kappa shape index (κ2) is 7.38. The van der Waals surface area contributed by atoms with Crippen LogP contribution in [0.15, 0.2) is 36.9 Å². The van der Waals surface area contributed by atoms with Crippen molar-refractivity contribution in [3.8, 4) is 0 Å². The minimum absolute atomic E-state index is 0.911. The molecule has 1 heteroatoms. The molecule has 18 heavy (non-hydrogen) atoms. The predicted molar refractivity (Wildman–Crippen MR) is 79.5 cm³/mol. The van der Waals surface area contributed by atoms with E-state index in [0.717, 1.165) is 19.0 Å². The van der Waals surface area contributed by atoms with Gasteiger partial charge in [0.2, 0.25) is 0 Å². The van der Waals surface area contributed by atoms with Crippen molar-refractivity contribution >= 4 is 5.57 Å². The number of hydrogen-bond donors (Lipinski definition) is 1. The van der Waals surface area contributed by atoms with Crippen LogP contribution in [0.2, 0.25) is 0 Å². The zero-order valence-electron chi connectivity index (χ0n) is 11.3. The minimum Gasteiger partial charge on any atom is -0.313 e. The van der Waals surface area contributed by atoms with Gasteiger partial charge in [0, 0.05) is 6.54 Å². The molecule has 0 bridgehead atoms. The van der Waals surface area contributed by atoms with Crippen molar-refractivity contribution in [2.45, 2.75) is 38.5 Å². The molecule has 0 aromatic heterocycles. The summed E-state index contributed by atoms with van der Waals surface area (Å²) in [6.07, 6.45) is 8.58. The van der Waals surface area contributed by atoms with Gasteiger partial charge in [-0.05, 0) is 36.4 Å². The topological polar surface area (TPSA) is 12.0 Å². The van der Waals surface area contributed by atoms with Crippen LogP contribution in [0.1, 0.15) is 44.1 Å². The second-order valence-electron chi connectivity index (χ2n) is 5.44. The molecular weight excluding hydrogens is 218 g/mol. The second-order valence-corrected chi connectivity index (χ2v) is 5.44. The molecule has 1 fully saturated rings. The molecule has 1 saturated carbocycles. The lowest BCUT2D eigenvalue weighted by Crippen LogP contribution is -2.18. The maximum atomic E-state index is 4.14. The summed E-state index contributed by atoms with van der Waals surface area (Å²) in [6.45, 7) is 6.18. The molecule has 1 N–H and O–H groups in total. The Kier molecular flexibility index (Phi) is 5.47. The van der Waals surface area contributed by atoms with Gasteiger partial charge in [-0.15, -0.1) is 0 Å². The fraction of sp³-hybridized carbons (Fsp3) is 0.529. The molecule has 98 valence electrons. The standard InChI is InChI=1S/C17H25N/c1-15(17-11-3-2-4-12-17)14-18-13-7-10-16-8-5-6-9-16/h2-4,11-12,16,18H,1,5-10,13-14H2. The molecular formula is C17H25N. The molecule has 1 aromatic rings. The lowest BCUT2D eigenvalue weighted by Gasteiger charge is -2.10. The third kappa shape index (κ3) is 4.30. The van der Waals surface area contributed by atoms with Crippen LogP contribution in [0.4, 0.5) is 0 Å². The lowest BCUT2D eigenvalue weighted by atomic mass is 10.0. The van der Waals surface area contributed by atoms with Crippen molar-refractivity contribution in [2.24, 2.45) is 5.92 Å². The van der Waals surface area contributed by atoms with E-state index in [0.29, 0.717) is 0 Å². The Morgan fingerprint density at radius 3 is 2.61 bits per heavy atom. The van der Waals surface area contributed by atoms with Gasteiger partial charge in [-0.3, -0.25) is 0 Å². The fourth-order valence-electron chi connectivity index (χ4n) is 2.83. The van der Waals surface area contributed by atoms with Gasteiger partial charge in [0.05, 0.1) is 0 Å². The number of nitrogens with one attached hydrogen (secondary N) is 1. The first-order valence-electron chi connectivity index (χ1n) is 7.30. The summed E-state index contributed by atoms with van der Waals surface area (Å²) < 4.78 is 0. The molecule has 1 aliphatic rings. The molecule has 1 aromatic carbocycles. The highest BCUT2D eigenvalue weighted by molar-refractivity contribution is 5.64. The third-order valence-corrected chi connectivity index (χ3v) is 3.96. The molecule has 1 aliphatic carbocycles. The van der Waals surface area contributed by atoms with Gasteiger partial charge in [-0.25, -0.2) is 0 Å². The Bertz CT molecular complexity index is 349. The summed E-state index contributed by atoms with van der Waals surface area (Å²) in [6, 6.07) is 10.4. The van der Waals surface area contributed by atoms with E-state index >= 15 is 0 Å². The van der Waals surface area contributed by atoms with Gasteiger partial charge in [0.15, 0.2) is 0 Å². The Labute approximate surface area is 111 Å². The van der Waals surface area contributed by atoms with E-state index in [2.05, 4.69) is 36.2 Å². The SMILES string of the molecule is C=C(CNCCCC1CCCC1)c1ccccc1. The van der Waals surface area contributed by atoms with Crippen LogP contribution in [0.3, 0.4) is 0 Å². The first-order chi connectivity index (χ1) is 8.86. The summed E-state index contributed by atoms with van der Waals surface area (Å²) in [7, 11) is 0. The highest BCUT2D eigenvalue weighted by Gasteiger charge is 2.13.